The summed E-state index contributed by atoms with van der Waals surface area (Å²) in [6.07, 6.45) is 0. The number of aromatic nitrogens is 1. The zero-order valence-electron chi connectivity index (χ0n) is 10.7. The maximum atomic E-state index is 11.7. The van der Waals surface area contributed by atoms with Crippen LogP contribution >= 0.6 is 39.0 Å². The van der Waals surface area contributed by atoms with Gasteiger partial charge in [0.05, 0.1) is 11.6 Å². The van der Waals surface area contributed by atoms with Gasteiger partial charge in [0.1, 0.15) is 5.75 Å². The lowest BCUT2D eigenvalue weighted by molar-refractivity contribution is 0.137. The Bertz CT molecular complexity index is 754. The molecular formula is C14H12BrNO2S2. The molecule has 0 saturated carbocycles. The van der Waals surface area contributed by atoms with Crippen LogP contribution in [0.5, 0.6) is 5.75 Å². The van der Waals surface area contributed by atoms with Crippen LogP contribution in [0.2, 0.25) is 0 Å². The second-order valence-corrected chi connectivity index (χ2v) is 8.47. The highest BCUT2D eigenvalue weighted by atomic mass is 79.9. The summed E-state index contributed by atoms with van der Waals surface area (Å²) >= 11 is 6.62. The molecule has 4 rings (SSSR count). The summed E-state index contributed by atoms with van der Waals surface area (Å²) in [5.41, 5.74) is 1.22. The third-order valence-corrected chi connectivity index (χ3v) is 6.97. The summed E-state index contributed by atoms with van der Waals surface area (Å²) in [4.78, 5) is 15.9. The van der Waals surface area contributed by atoms with Crippen molar-refractivity contribution in [3.05, 3.63) is 42.8 Å². The number of halogens is 1. The Kier molecular flexibility index (Phi) is 2.85. The van der Waals surface area contributed by atoms with E-state index in [1.807, 2.05) is 12.1 Å². The molecule has 1 aromatic heterocycles. The van der Waals surface area contributed by atoms with E-state index in [1.165, 1.54) is 16.9 Å². The van der Waals surface area contributed by atoms with Gasteiger partial charge in [-0.05, 0) is 18.2 Å². The molecule has 1 N–H and O–H groups in total. The van der Waals surface area contributed by atoms with Crippen molar-refractivity contribution >= 4 is 39.0 Å². The molecule has 0 bridgehead atoms. The number of benzene rings is 1. The number of ether oxygens (including phenoxy) is 1. The molecule has 0 saturated heterocycles. The number of nitrogens with one attached hydrogen (secondary N) is 1. The molecule has 104 valence electrons. The van der Waals surface area contributed by atoms with Crippen LogP contribution in [0, 0.1) is 5.41 Å². The van der Waals surface area contributed by atoms with Crippen molar-refractivity contribution in [3.8, 4) is 5.75 Å². The standard InChI is InChI=1S/C14H12BrNO2S2/c1-14-5-18-9-3-2-7(15)4-8(9)10(14)11-12(19-6-14)16-13(17)20-11/h2-4,10H,5-6H2,1H3,(H,16,17)/t10-,14+/m1/s1. The topological polar surface area (TPSA) is 42.1 Å². The lowest BCUT2D eigenvalue weighted by atomic mass is 9.72. The highest BCUT2D eigenvalue weighted by molar-refractivity contribution is 9.10. The van der Waals surface area contributed by atoms with E-state index in [0.717, 1.165) is 25.9 Å². The van der Waals surface area contributed by atoms with E-state index in [0.29, 0.717) is 6.61 Å². The van der Waals surface area contributed by atoms with Gasteiger partial charge in [0, 0.05) is 32.0 Å². The van der Waals surface area contributed by atoms with Crippen LogP contribution in [-0.2, 0) is 0 Å². The Hall–Kier alpha value is -0.720. The van der Waals surface area contributed by atoms with Gasteiger partial charge in [-0.1, -0.05) is 34.2 Å². The van der Waals surface area contributed by atoms with Crippen molar-refractivity contribution in [1.29, 1.82) is 0 Å². The van der Waals surface area contributed by atoms with Crippen LogP contribution in [0.4, 0.5) is 0 Å². The van der Waals surface area contributed by atoms with E-state index in [9.17, 15) is 4.79 Å². The first-order chi connectivity index (χ1) is 9.57. The van der Waals surface area contributed by atoms with Crippen LogP contribution in [0.25, 0.3) is 0 Å². The first kappa shape index (κ1) is 13.0. The van der Waals surface area contributed by atoms with Gasteiger partial charge < -0.3 is 9.72 Å². The fraction of sp³-hybridized carbons (Fsp3) is 0.357. The molecule has 0 unspecified atom stereocenters. The molecule has 2 atom stereocenters. The van der Waals surface area contributed by atoms with Crippen LogP contribution in [0.3, 0.4) is 0 Å². The Labute approximate surface area is 132 Å². The van der Waals surface area contributed by atoms with Crippen molar-refractivity contribution < 1.29 is 4.74 Å². The van der Waals surface area contributed by atoms with E-state index >= 15 is 0 Å². The average molecular weight is 370 g/mol. The largest absolute Gasteiger partial charge is 0.493 e. The van der Waals surface area contributed by atoms with Gasteiger partial charge in [-0.3, -0.25) is 4.79 Å². The SMILES string of the molecule is C[C@@]12COc3ccc(Br)cc3[C@@H]1c1sc(=O)[nH]c1SC2. The minimum Gasteiger partial charge on any atom is -0.493 e. The fourth-order valence-electron chi connectivity index (χ4n) is 3.02. The van der Waals surface area contributed by atoms with Gasteiger partial charge in [-0.25, -0.2) is 0 Å². The van der Waals surface area contributed by atoms with Crippen LogP contribution in [-0.4, -0.2) is 17.3 Å². The molecule has 2 aliphatic heterocycles. The van der Waals surface area contributed by atoms with Gasteiger partial charge in [0.25, 0.3) is 0 Å². The Morgan fingerprint density at radius 2 is 2.35 bits per heavy atom. The second-order valence-electron chi connectivity index (χ2n) is 5.55. The average Bonchev–Trinajstić information content (AvgIpc) is 2.78. The number of thiazole rings is 1. The van der Waals surface area contributed by atoms with E-state index in [1.54, 1.807) is 11.8 Å². The van der Waals surface area contributed by atoms with Gasteiger partial charge in [-0.15, -0.1) is 11.8 Å². The third-order valence-electron chi connectivity index (χ3n) is 3.99. The monoisotopic (exact) mass is 369 g/mol. The van der Waals surface area contributed by atoms with Gasteiger partial charge in [0.2, 0.25) is 0 Å². The zero-order valence-corrected chi connectivity index (χ0v) is 14.0. The first-order valence-corrected chi connectivity index (χ1v) is 8.94. The summed E-state index contributed by atoms with van der Waals surface area (Å²) in [5.74, 6) is 2.14. The zero-order chi connectivity index (χ0) is 13.9. The predicted molar refractivity (Wildman–Crippen MR) is 85.3 cm³/mol. The third kappa shape index (κ3) is 1.81. The number of thioether (sulfide) groups is 1. The highest BCUT2D eigenvalue weighted by Gasteiger charge is 2.47. The summed E-state index contributed by atoms with van der Waals surface area (Å²) in [5, 5.41) is 1.04. The van der Waals surface area contributed by atoms with E-state index in [4.69, 9.17) is 4.74 Å². The minimum absolute atomic E-state index is 0.0368. The molecule has 0 fully saturated rings. The summed E-state index contributed by atoms with van der Waals surface area (Å²) in [6.45, 7) is 2.95. The van der Waals surface area contributed by atoms with Crippen LogP contribution in [0.1, 0.15) is 23.3 Å². The highest BCUT2D eigenvalue weighted by Crippen LogP contribution is 2.56. The molecule has 1 aromatic carbocycles. The maximum absolute atomic E-state index is 11.7. The van der Waals surface area contributed by atoms with Gasteiger partial charge >= 0.3 is 4.87 Å². The molecule has 0 aliphatic carbocycles. The predicted octanol–water partition coefficient (Wildman–Crippen LogP) is 3.84. The first-order valence-electron chi connectivity index (χ1n) is 6.35. The van der Waals surface area contributed by atoms with E-state index in [-0.39, 0.29) is 16.2 Å². The van der Waals surface area contributed by atoms with E-state index < -0.39 is 0 Å². The lowest BCUT2D eigenvalue weighted by Crippen LogP contribution is -2.40. The van der Waals surface area contributed by atoms with Crippen molar-refractivity contribution in [1.82, 2.24) is 4.98 Å². The summed E-state index contributed by atoms with van der Waals surface area (Å²) < 4.78 is 7.00. The molecular weight excluding hydrogens is 358 g/mol. The molecule has 6 heteroatoms. The number of H-pyrrole nitrogens is 1. The smallest absolute Gasteiger partial charge is 0.305 e. The second kappa shape index (κ2) is 4.39. The van der Waals surface area contributed by atoms with E-state index in [2.05, 4.69) is 33.9 Å². The molecule has 2 aromatic rings. The number of hydrogen-bond acceptors (Lipinski definition) is 4. The molecule has 2 aliphatic rings. The molecule has 0 radical (unpaired) electrons. The van der Waals surface area contributed by atoms with Crippen molar-refractivity contribution in [2.45, 2.75) is 17.9 Å². The van der Waals surface area contributed by atoms with Gasteiger partial charge in [-0.2, -0.15) is 0 Å². The molecule has 3 heterocycles. The molecule has 0 spiro atoms. The summed E-state index contributed by atoms with van der Waals surface area (Å²) in [6, 6.07) is 6.14. The van der Waals surface area contributed by atoms with Crippen molar-refractivity contribution in [3.63, 3.8) is 0 Å². The van der Waals surface area contributed by atoms with Crippen LogP contribution < -0.4 is 9.61 Å². The number of aromatic amines is 1. The van der Waals surface area contributed by atoms with Crippen molar-refractivity contribution in [2.75, 3.05) is 12.4 Å². The molecule has 20 heavy (non-hydrogen) atoms. The van der Waals surface area contributed by atoms with Crippen molar-refractivity contribution in [2.24, 2.45) is 5.41 Å². The summed E-state index contributed by atoms with van der Waals surface area (Å²) in [7, 11) is 0. The fourth-order valence-corrected chi connectivity index (χ4v) is 5.94. The normalized spacial score (nSPS) is 27.2. The van der Waals surface area contributed by atoms with Gasteiger partial charge in [0.15, 0.2) is 0 Å². The maximum Gasteiger partial charge on any atom is 0.305 e. The minimum atomic E-state index is 0.0368. The number of hydrogen-bond donors (Lipinski definition) is 1. The lowest BCUT2D eigenvalue weighted by Gasteiger charge is -2.44. The Morgan fingerprint density at radius 3 is 3.20 bits per heavy atom. The van der Waals surface area contributed by atoms with Crippen LogP contribution in [0.15, 0.2) is 32.5 Å². The quantitative estimate of drug-likeness (QED) is 0.766. The molecule has 0 amide bonds. The molecule has 3 nitrogen and oxygen atoms in total. The Balaban J connectivity index is 1.98. The number of fused-ring (bicyclic) bond motifs is 5. The number of rotatable bonds is 0. The Morgan fingerprint density at radius 1 is 1.50 bits per heavy atom.